The molecule has 1 aromatic heterocycles. The van der Waals surface area contributed by atoms with E-state index in [4.69, 9.17) is 16.3 Å². The topological polar surface area (TPSA) is 58.5 Å². The second-order valence-corrected chi connectivity index (χ2v) is 6.53. The van der Waals surface area contributed by atoms with Gasteiger partial charge in [0.1, 0.15) is 0 Å². The Labute approximate surface area is 144 Å². The summed E-state index contributed by atoms with van der Waals surface area (Å²) in [5, 5.41) is 11.2. The Balaban J connectivity index is 1.76. The van der Waals surface area contributed by atoms with E-state index < -0.39 is 0 Å². The molecule has 0 fully saturated rings. The number of halogens is 1. The van der Waals surface area contributed by atoms with Crippen molar-refractivity contribution in [2.75, 3.05) is 19.9 Å². The molecule has 1 N–H and O–H groups in total. The summed E-state index contributed by atoms with van der Waals surface area (Å²) in [7, 11) is 1.51. The van der Waals surface area contributed by atoms with Gasteiger partial charge >= 0.3 is 0 Å². The van der Waals surface area contributed by atoms with E-state index in [9.17, 15) is 5.11 Å². The average molecular weight is 352 g/mol. The fraction of sp³-hybridized carbons (Fsp3) is 0.375. The van der Waals surface area contributed by atoms with Gasteiger partial charge in [-0.25, -0.2) is 9.97 Å². The van der Waals surface area contributed by atoms with Gasteiger partial charge in [0.05, 0.1) is 17.8 Å². The molecule has 0 amide bonds. The maximum absolute atomic E-state index is 10.0. The van der Waals surface area contributed by atoms with Crippen molar-refractivity contribution in [1.82, 2.24) is 14.9 Å². The molecule has 1 aromatic carbocycles. The smallest absolute Gasteiger partial charge is 0.187 e. The van der Waals surface area contributed by atoms with Crippen LogP contribution < -0.4 is 4.74 Å². The SMILES string of the molecule is COc1ccc(CN2CCc3nc(SC)ncc3C2)c(Cl)c1O. The summed E-state index contributed by atoms with van der Waals surface area (Å²) >= 11 is 7.81. The van der Waals surface area contributed by atoms with Crippen LogP contribution in [0.2, 0.25) is 5.02 Å². The quantitative estimate of drug-likeness (QED) is 0.674. The number of aromatic hydroxyl groups is 1. The summed E-state index contributed by atoms with van der Waals surface area (Å²) in [6, 6.07) is 3.63. The van der Waals surface area contributed by atoms with Gasteiger partial charge in [-0.3, -0.25) is 4.90 Å². The number of benzene rings is 1. The normalized spacial score (nSPS) is 14.6. The molecule has 2 heterocycles. The maximum Gasteiger partial charge on any atom is 0.187 e. The van der Waals surface area contributed by atoms with Gasteiger partial charge in [0.2, 0.25) is 0 Å². The van der Waals surface area contributed by atoms with Crippen molar-refractivity contribution in [1.29, 1.82) is 0 Å². The average Bonchev–Trinajstić information content (AvgIpc) is 2.58. The molecule has 7 heteroatoms. The number of thioether (sulfide) groups is 1. The molecule has 2 aromatic rings. The Morgan fingerprint density at radius 1 is 1.43 bits per heavy atom. The summed E-state index contributed by atoms with van der Waals surface area (Å²) in [5.41, 5.74) is 3.17. The number of methoxy groups -OCH3 is 1. The number of phenols is 1. The van der Waals surface area contributed by atoms with Crippen molar-refractivity contribution >= 4 is 23.4 Å². The lowest BCUT2D eigenvalue weighted by atomic mass is 10.1. The number of nitrogens with zero attached hydrogens (tertiary/aromatic N) is 3. The monoisotopic (exact) mass is 351 g/mol. The van der Waals surface area contributed by atoms with Crippen molar-refractivity contribution in [2.24, 2.45) is 0 Å². The zero-order valence-corrected chi connectivity index (χ0v) is 14.6. The van der Waals surface area contributed by atoms with E-state index in [0.29, 0.717) is 17.3 Å². The molecule has 0 atom stereocenters. The van der Waals surface area contributed by atoms with Crippen LogP contribution >= 0.6 is 23.4 Å². The fourth-order valence-electron chi connectivity index (χ4n) is 2.71. The number of fused-ring (bicyclic) bond motifs is 1. The summed E-state index contributed by atoms with van der Waals surface area (Å²) in [6.07, 6.45) is 4.79. The largest absolute Gasteiger partial charge is 0.503 e. The Hall–Kier alpha value is -1.50. The lowest BCUT2D eigenvalue weighted by Crippen LogP contribution is -2.31. The molecule has 3 rings (SSSR count). The number of aromatic nitrogens is 2. The third kappa shape index (κ3) is 3.39. The lowest BCUT2D eigenvalue weighted by Gasteiger charge is -2.28. The predicted octanol–water partition coefficient (Wildman–Crippen LogP) is 3.12. The first kappa shape index (κ1) is 16.4. The molecule has 0 bridgehead atoms. The number of rotatable bonds is 4. The molecule has 1 aliphatic heterocycles. The van der Waals surface area contributed by atoms with Crippen LogP contribution in [-0.4, -0.2) is 39.9 Å². The summed E-state index contributed by atoms with van der Waals surface area (Å²) in [6.45, 7) is 2.36. The lowest BCUT2D eigenvalue weighted by molar-refractivity contribution is 0.241. The summed E-state index contributed by atoms with van der Waals surface area (Å²) < 4.78 is 5.07. The van der Waals surface area contributed by atoms with Crippen LogP contribution in [0.3, 0.4) is 0 Å². The molecule has 0 saturated carbocycles. The predicted molar refractivity (Wildman–Crippen MR) is 91.3 cm³/mol. The van der Waals surface area contributed by atoms with Gasteiger partial charge in [-0.2, -0.15) is 0 Å². The first-order chi connectivity index (χ1) is 11.1. The highest BCUT2D eigenvalue weighted by molar-refractivity contribution is 7.98. The zero-order valence-electron chi connectivity index (χ0n) is 13.0. The first-order valence-corrected chi connectivity index (χ1v) is 8.88. The standard InChI is InChI=1S/C16H18ClN3O2S/c1-22-13-4-3-10(14(17)15(13)21)8-20-6-5-12-11(9-20)7-18-16(19-12)23-2/h3-4,7,21H,5-6,8-9H2,1-2H3. The molecule has 5 nitrogen and oxygen atoms in total. The zero-order chi connectivity index (χ0) is 16.4. The van der Waals surface area contributed by atoms with Crippen LogP contribution in [0.15, 0.2) is 23.5 Å². The highest BCUT2D eigenvalue weighted by atomic mass is 35.5. The van der Waals surface area contributed by atoms with Crippen LogP contribution in [0.4, 0.5) is 0 Å². The van der Waals surface area contributed by atoms with E-state index in [0.717, 1.165) is 41.5 Å². The molecule has 0 aliphatic carbocycles. The summed E-state index contributed by atoms with van der Waals surface area (Å²) in [4.78, 5) is 11.2. The van der Waals surface area contributed by atoms with E-state index in [2.05, 4.69) is 14.9 Å². The summed E-state index contributed by atoms with van der Waals surface area (Å²) in [5.74, 6) is 0.387. The third-order valence-corrected chi connectivity index (χ3v) is 4.93. The van der Waals surface area contributed by atoms with Gasteiger partial charge in [-0.05, 0) is 17.9 Å². The highest BCUT2D eigenvalue weighted by Crippen LogP contribution is 2.37. The van der Waals surface area contributed by atoms with Gasteiger partial charge in [-0.15, -0.1) is 0 Å². The van der Waals surface area contributed by atoms with Crippen molar-refractivity contribution in [2.45, 2.75) is 24.7 Å². The van der Waals surface area contributed by atoms with Crippen LogP contribution in [-0.2, 0) is 19.5 Å². The molecule has 1 aliphatic rings. The van der Waals surface area contributed by atoms with Crippen LogP contribution in [0.25, 0.3) is 0 Å². The van der Waals surface area contributed by atoms with Crippen LogP contribution in [0, 0.1) is 0 Å². The third-order valence-electron chi connectivity index (χ3n) is 3.95. The minimum Gasteiger partial charge on any atom is -0.503 e. The molecule has 0 spiro atoms. The number of ether oxygens (including phenoxy) is 1. The van der Waals surface area contributed by atoms with Crippen molar-refractivity contribution in [3.8, 4) is 11.5 Å². The molecule has 23 heavy (non-hydrogen) atoms. The fourth-order valence-corrected chi connectivity index (χ4v) is 3.28. The number of hydrogen-bond acceptors (Lipinski definition) is 6. The molecular formula is C16H18ClN3O2S. The van der Waals surface area contributed by atoms with Gasteiger partial charge in [-0.1, -0.05) is 29.4 Å². The van der Waals surface area contributed by atoms with E-state index in [1.165, 1.54) is 7.11 Å². The maximum atomic E-state index is 10.0. The van der Waals surface area contributed by atoms with Crippen molar-refractivity contribution in [3.05, 3.63) is 40.2 Å². The molecule has 0 unspecified atom stereocenters. The van der Waals surface area contributed by atoms with E-state index in [1.54, 1.807) is 17.8 Å². The molecule has 122 valence electrons. The van der Waals surface area contributed by atoms with Crippen LogP contribution in [0.1, 0.15) is 16.8 Å². The Bertz CT molecular complexity index is 727. The Morgan fingerprint density at radius 2 is 2.26 bits per heavy atom. The number of phenolic OH excluding ortho intramolecular Hbond substituents is 1. The van der Waals surface area contributed by atoms with Gasteiger partial charge in [0.15, 0.2) is 16.7 Å². The highest BCUT2D eigenvalue weighted by Gasteiger charge is 2.20. The Morgan fingerprint density at radius 3 is 3.00 bits per heavy atom. The number of hydrogen-bond donors (Lipinski definition) is 1. The van der Waals surface area contributed by atoms with Gasteiger partial charge in [0.25, 0.3) is 0 Å². The molecule has 0 saturated heterocycles. The minimum absolute atomic E-state index is 0.00276. The van der Waals surface area contributed by atoms with Gasteiger partial charge in [0, 0.05) is 37.8 Å². The second-order valence-electron chi connectivity index (χ2n) is 5.38. The second kappa shape index (κ2) is 6.95. The van der Waals surface area contributed by atoms with E-state index >= 15 is 0 Å². The Kier molecular flexibility index (Phi) is 4.94. The first-order valence-electron chi connectivity index (χ1n) is 7.28. The van der Waals surface area contributed by atoms with E-state index in [-0.39, 0.29) is 5.75 Å². The van der Waals surface area contributed by atoms with E-state index in [1.807, 2.05) is 18.5 Å². The molecular weight excluding hydrogens is 334 g/mol. The van der Waals surface area contributed by atoms with Crippen molar-refractivity contribution in [3.63, 3.8) is 0 Å². The molecule has 0 radical (unpaired) electrons. The van der Waals surface area contributed by atoms with Crippen LogP contribution in [0.5, 0.6) is 11.5 Å². The minimum atomic E-state index is -0.00276. The van der Waals surface area contributed by atoms with Crippen molar-refractivity contribution < 1.29 is 9.84 Å². The van der Waals surface area contributed by atoms with Gasteiger partial charge < -0.3 is 9.84 Å².